The van der Waals surface area contributed by atoms with Gasteiger partial charge in [-0.05, 0) is 63.0 Å². The van der Waals surface area contributed by atoms with Gasteiger partial charge in [-0.25, -0.2) is 0 Å². The van der Waals surface area contributed by atoms with Gasteiger partial charge in [-0.3, -0.25) is 14.7 Å². The van der Waals surface area contributed by atoms with Crippen LogP contribution in [0, 0.1) is 5.92 Å². The van der Waals surface area contributed by atoms with E-state index >= 15 is 0 Å². The fraction of sp³-hybridized carbons (Fsp3) is 0.355. The molecule has 2 atom stereocenters. The number of hydrogen-bond donors (Lipinski definition) is 2. The molecule has 4 rings (SSSR count). The highest BCUT2D eigenvalue weighted by atomic mass is 35.5. The Balaban J connectivity index is 1.68. The van der Waals surface area contributed by atoms with Crippen molar-refractivity contribution in [3.05, 3.63) is 101 Å². The Hall–Kier alpha value is -2.99. The zero-order valence-corrected chi connectivity index (χ0v) is 22.4. The zero-order chi connectivity index (χ0) is 26.3. The van der Waals surface area contributed by atoms with Crippen molar-refractivity contribution in [2.45, 2.75) is 38.6 Å². The van der Waals surface area contributed by atoms with Gasteiger partial charge in [0.15, 0.2) is 0 Å². The third kappa shape index (κ3) is 6.48. The number of nitrogens with zero attached hydrogens (tertiary/aromatic N) is 2. The number of aliphatic hydroxyl groups is 1. The number of benzene rings is 3. The molecule has 37 heavy (non-hydrogen) atoms. The Bertz CT molecular complexity index is 1220. The third-order valence-electron chi connectivity index (χ3n) is 7.33. The fourth-order valence-corrected chi connectivity index (χ4v) is 5.32. The van der Waals surface area contributed by atoms with E-state index in [2.05, 4.69) is 29.3 Å². The number of nitrogens with one attached hydrogen (secondary N) is 1. The summed E-state index contributed by atoms with van der Waals surface area (Å²) in [6, 6.07) is 25.6. The number of carbonyl (C=O) groups excluding carboxylic acids is 1. The monoisotopic (exact) mass is 517 g/mol. The first-order chi connectivity index (χ1) is 17.9. The van der Waals surface area contributed by atoms with Gasteiger partial charge in [0, 0.05) is 35.2 Å². The molecule has 0 aromatic heterocycles. The van der Waals surface area contributed by atoms with E-state index in [-0.39, 0.29) is 18.4 Å². The standard InChI is InChI=1S/C31H36ClN3O2/c1-3-35-18-10-17-31(35,2)30(37)34-28-16-15-26(32)20-27(28)29(25-13-8-5-9-14-25)33-21-24(22-36)19-23-11-6-4-7-12-23/h4-9,11-16,20,24,36H,3,10,17-19,21-22H2,1-2H3,(H,34,37)/t24-,31+/m0/s1. The molecule has 194 valence electrons. The minimum Gasteiger partial charge on any atom is -0.396 e. The lowest BCUT2D eigenvalue weighted by Crippen LogP contribution is -2.50. The predicted octanol–water partition coefficient (Wildman–Crippen LogP) is 5.84. The molecule has 0 aliphatic carbocycles. The normalized spacial score (nSPS) is 19.1. The summed E-state index contributed by atoms with van der Waals surface area (Å²) in [5, 5.41) is 13.9. The number of anilines is 1. The van der Waals surface area contributed by atoms with Crippen LogP contribution in [-0.4, -0.2) is 53.4 Å². The summed E-state index contributed by atoms with van der Waals surface area (Å²) >= 11 is 6.47. The van der Waals surface area contributed by atoms with Crippen LogP contribution in [0.5, 0.6) is 0 Å². The van der Waals surface area contributed by atoms with Gasteiger partial charge < -0.3 is 10.4 Å². The van der Waals surface area contributed by atoms with Crippen molar-refractivity contribution in [2.75, 3.05) is 31.6 Å². The maximum Gasteiger partial charge on any atom is 0.244 e. The van der Waals surface area contributed by atoms with Crippen molar-refractivity contribution in [1.29, 1.82) is 0 Å². The number of aliphatic imine (C=N–C) groups is 1. The minimum absolute atomic E-state index is 0.0138. The van der Waals surface area contributed by atoms with Crippen LogP contribution in [0.25, 0.3) is 0 Å². The molecule has 5 nitrogen and oxygen atoms in total. The number of halogens is 1. The molecular formula is C31H36ClN3O2. The molecule has 0 bridgehead atoms. The van der Waals surface area contributed by atoms with Gasteiger partial charge in [0.2, 0.25) is 5.91 Å². The van der Waals surface area contributed by atoms with E-state index in [1.54, 1.807) is 6.07 Å². The molecule has 1 amide bonds. The molecule has 1 saturated heterocycles. The number of likely N-dealkylation sites (N-methyl/N-ethyl adjacent to an activating group) is 1. The number of amides is 1. The lowest BCUT2D eigenvalue weighted by atomic mass is 9.95. The number of hydrogen-bond acceptors (Lipinski definition) is 4. The summed E-state index contributed by atoms with van der Waals surface area (Å²) in [5.41, 5.74) is 3.75. The smallest absolute Gasteiger partial charge is 0.244 e. The van der Waals surface area contributed by atoms with Gasteiger partial charge >= 0.3 is 0 Å². The van der Waals surface area contributed by atoms with Crippen LogP contribution < -0.4 is 5.32 Å². The van der Waals surface area contributed by atoms with Gasteiger partial charge in [0.25, 0.3) is 0 Å². The fourth-order valence-electron chi connectivity index (χ4n) is 5.14. The van der Waals surface area contributed by atoms with Crippen molar-refractivity contribution in [3.8, 4) is 0 Å². The summed E-state index contributed by atoms with van der Waals surface area (Å²) in [7, 11) is 0. The summed E-state index contributed by atoms with van der Waals surface area (Å²) < 4.78 is 0. The van der Waals surface area contributed by atoms with Crippen LogP contribution >= 0.6 is 11.6 Å². The second kappa shape index (κ2) is 12.5. The molecule has 0 saturated carbocycles. The average Bonchev–Trinajstić information content (AvgIpc) is 3.32. The lowest BCUT2D eigenvalue weighted by Gasteiger charge is -2.33. The second-order valence-electron chi connectivity index (χ2n) is 9.89. The number of rotatable bonds is 10. The number of carbonyl (C=O) groups is 1. The van der Waals surface area contributed by atoms with Gasteiger partial charge in [-0.1, -0.05) is 79.2 Å². The summed E-state index contributed by atoms with van der Waals surface area (Å²) in [4.78, 5) is 20.8. The Morgan fingerprint density at radius 3 is 2.49 bits per heavy atom. The Morgan fingerprint density at radius 2 is 1.81 bits per heavy atom. The van der Waals surface area contributed by atoms with E-state index in [1.807, 2.05) is 67.6 Å². The Morgan fingerprint density at radius 1 is 1.11 bits per heavy atom. The first-order valence-electron chi connectivity index (χ1n) is 13.1. The van der Waals surface area contributed by atoms with Gasteiger partial charge in [0.05, 0.1) is 16.9 Å². The SMILES string of the molecule is CCN1CCC[C@]1(C)C(=O)Nc1ccc(Cl)cc1C(=NC[C@@H](CO)Cc1ccccc1)c1ccccc1. The van der Waals surface area contributed by atoms with Gasteiger partial charge in [0.1, 0.15) is 0 Å². The van der Waals surface area contributed by atoms with E-state index in [0.717, 1.165) is 49.2 Å². The third-order valence-corrected chi connectivity index (χ3v) is 7.56. The van der Waals surface area contributed by atoms with Crippen molar-refractivity contribution in [1.82, 2.24) is 4.90 Å². The van der Waals surface area contributed by atoms with E-state index in [0.29, 0.717) is 17.3 Å². The van der Waals surface area contributed by atoms with Crippen molar-refractivity contribution in [2.24, 2.45) is 10.9 Å². The van der Waals surface area contributed by atoms with E-state index in [4.69, 9.17) is 16.6 Å². The van der Waals surface area contributed by atoms with Crippen molar-refractivity contribution in [3.63, 3.8) is 0 Å². The van der Waals surface area contributed by atoms with Gasteiger partial charge in [-0.2, -0.15) is 0 Å². The molecule has 0 unspecified atom stereocenters. The highest BCUT2D eigenvalue weighted by Gasteiger charge is 2.42. The van der Waals surface area contributed by atoms with E-state index in [1.165, 1.54) is 5.56 Å². The second-order valence-corrected chi connectivity index (χ2v) is 10.3. The zero-order valence-electron chi connectivity index (χ0n) is 21.7. The Kier molecular flexibility index (Phi) is 9.14. The largest absolute Gasteiger partial charge is 0.396 e. The minimum atomic E-state index is -0.548. The molecule has 0 radical (unpaired) electrons. The van der Waals surface area contributed by atoms with Crippen LogP contribution in [0.15, 0.2) is 83.9 Å². The maximum absolute atomic E-state index is 13.6. The summed E-state index contributed by atoms with van der Waals surface area (Å²) in [6.45, 7) is 6.35. The Labute approximate surface area is 225 Å². The van der Waals surface area contributed by atoms with Crippen molar-refractivity contribution >= 4 is 28.9 Å². The molecule has 6 heteroatoms. The molecule has 1 heterocycles. The predicted molar refractivity (Wildman–Crippen MR) is 153 cm³/mol. The maximum atomic E-state index is 13.6. The molecule has 1 aliphatic heterocycles. The van der Waals surface area contributed by atoms with Crippen LogP contribution in [0.1, 0.15) is 43.4 Å². The van der Waals surface area contributed by atoms with Crippen LogP contribution in [-0.2, 0) is 11.2 Å². The molecule has 1 fully saturated rings. The van der Waals surface area contributed by atoms with Crippen LogP contribution in [0.3, 0.4) is 0 Å². The molecule has 1 aliphatic rings. The first kappa shape index (κ1) is 27.1. The first-order valence-corrected chi connectivity index (χ1v) is 13.4. The number of aliphatic hydroxyl groups excluding tert-OH is 1. The molecule has 0 spiro atoms. The topological polar surface area (TPSA) is 64.9 Å². The van der Waals surface area contributed by atoms with Crippen LogP contribution in [0.2, 0.25) is 5.02 Å². The van der Waals surface area contributed by atoms with Gasteiger partial charge in [-0.15, -0.1) is 0 Å². The quantitative estimate of drug-likeness (QED) is 0.332. The van der Waals surface area contributed by atoms with Crippen LogP contribution in [0.4, 0.5) is 5.69 Å². The molecule has 3 aromatic carbocycles. The van der Waals surface area contributed by atoms with E-state index < -0.39 is 5.54 Å². The highest BCUT2D eigenvalue weighted by Crippen LogP contribution is 2.32. The molecule has 2 N–H and O–H groups in total. The summed E-state index contributed by atoms with van der Waals surface area (Å²) in [5.74, 6) is -0.0472. The molecular weight excluding hydrogens is 482 g/mol. The van der Waals surface area contributed by atoms with Crippen molar-refractivity contribution < 1.29 is 9.90 Å². The number of likely N-dealkylation sites (tertiary alicyclic amines) is 1. The molecule has 3 aromatic rings. The summed E-state index contributed by atoms with van der Waals surface area (Å²) in [6.07, 6.45) is 2.56. The highest BCUT2D eigenvalue weighted by molar-refractivity contribution is 6.31. The lowest BCUT2D eigenvalue weighted by molar-refractivity contribution is -0.125. The van der Waals surface area contributed by atoms with E-state index in [9.17, 15) is 9.90 Å². The average molecular weight is 518 g/mol.